The molecule has 0 aliphatic rings. The molecular weight excluding hydrogens is 411 g/mol. The van der Waals surface area contributed by atoms with E-state index in [0.29, 0.717) is 40.9 Å². The van der Waals surface area contributed by atoms with Crippen LogP contribution in [0, 0.1) is 0 Å². The monoisotopic (exact) mass is 432 g/mol. The first kappa shape index (κ1) is 21.1. The first-order chi connectivity index (χ1) is 13.9. The Morgan fingerprint density at radius 1 is 1.21 bits per heavy atom. The van der Waals surface area contributed by atoms with E-state index in [-0.39, 0.29) is 11.8 Å². The van der Waals surface area contributed by atoms with Gasteiger partial charge in [0.15, 0.2) is 0 Å². The fourth-order valence-electron chi connectivity index (χ4n) is 2.78. The maximum Gasteiger partial charge on any atom is 0.224 e. The quantitative estimate of drug-likeness (QED) is 0.477. The summed E-state index contributed by atoms with van der Waals surface area (Å²) in [6.07, 6.45) is 2.64. The molecule has 3 aromatic rings. The van der Waals surface area contributed by atoms with Crippen molar-refractivity contribution in [3.05, 3.63) is 64.4 Å². The molecule has 0 saturated carbocycles. The number of nitrogens with zero attached hydrogens (tertiary/aromatic N) is 3. The van der Waals surface area contributed by atoms with Gasteiger partial charge in [0.25, 0.3) is 0 Å². The molecule has 3 rings (SSSR count). The van der Waals surface area contributed by atoms with Gasteiger partial charge < -0.3 is 10.1 Å². The number of hydrogen-bond donors (Lipinski definition) is 1. The largest absolute Gasteiger partial charge is 0.492 e. The fraction of sp³-hybridized carbons (Fsp3) is 0.286. The average molecular weight is 433 g/mol. The van der Waals surface area contributed by atoms with E-state index < -0.39 is 0 Å². The molecular formula is C21H22Cl2N4O2. The van der Waals surface area contributed by atoms with Crippen LogP contribution in [0.1, 0.15) is 38.3 Å². The molecule has 6 nitrogen and oxygen atoms in total. The minimum Gasteiger partial charge on any atom is -0.492 e. The Labute approximate surface area is 179 Å². The van der Waals surface area contributed by atoms with E-state index in [9.17, 15) is 4.79 Å². The Morgan fingerprint density at radius 3 is 2.79 bits per heavy atom. The second kappa shape index (κ2) is 9.76. The molecule has 29 heavy (non-hydrogen) atoms. The highest BCUT2D eigenvalue weighted by molar-refractivity contribution is 6.35. The number of benzene rings is 2. The van der Waals surface area contributed by atoms with Crippen molar-refractivity contribution in [3.63, 3.8) is 0 Å². The Balaban J connectivity index is 1.52. The molecule has 1 N–H and O–H groups in total. The molecule has 8 heteroatoms. The SMILES string of the molecule is CC(C)c1cnnn1-c1cccc(NC(=O)CCCOc2ccc(Cl)cc2Cl)c1. The maximum absolute atomic E-state index is 12.3. The van der Waals surface area contributed by atoms with Gasteiger partial charge in [-0.2, -0.15) is 0 Å². The molecule has 152 valence electrons. The first-order valence-corrected chi connectivity index (χ1v) is 10.1. The third-order valence-electron chi connectivity index (χ3n) is 4.24. The van der Waals surface area contributed by atoms with E-state index in [1.807, 2.05) is 24.3 Å². The topological polar surface area (TPSA) is 69.0 Å². The summed E-state index contributed by atoms with van der Waals surface area (Å²) < 4.78 is 7.39. The zero-order valence-corrected chi connectivity index (χ0v) is 17.7. The van der Waals surface area contributed by atoms with Gasteiger partial charge in [-0.1, -0.05) is 48.3 Å². The van der Waals surface area contributed by atoms with Gasteiger partial charge in [0, 0.05) is 17.1 Å². The lowest BCUT2D eigenvalue weighted by Crippen LogP contribution is -2.13. The highest BCUT2D eigenvalue weighted by atomic mass is 35.5. The normalized spacial score (nSPS) is 10.9. The molecule has 0 unspecified atom stereocenters. The molecule has 1 heterocycles. The Morgan fingerprint density at radius 2 is 2.03 bits per heavy atom. The van der Waals surface area contributed by atoms with Crippen molar-refractivity contribution < 1.29 is 9.53 Å². The number of anilines is 1. The van der Waals surface area contributed by atoms with Crippen molar-refractivity contribution in [2.24, 2.45) is 0 Å². The predicted molar refractivity (Wildman–Crippen MR) is 115 cm³/mol. The molecule has 2 aromatic carbocycles. The predicted octanol–water partition coefficient (Wildman–Crippen LogP) is 5.50. The second-order valence-electron chi connectivity index (χ2n) is 6.85. The van der Waals surface area contributed by atoms with Gasteiger partial charge in [-0.15, -0.1) is 5.10 Å². The summed E-state index contributed by atoms with van der Waals surface area (Å²) in [5, 5.41) is 12.1. The third-order valence-corrected chi connectivity index (χ3v) is 4.77. The van der Waals surface area contributed by atoms with Crippen LogP contribution in [0.2, 0.25) is 10.0 Å². The van der Waals surface area contributed by atoms with Crippen LogP contribution in [0.5, 0.6) is 5.75 Å². The standard InChI is InChI=1S/C21H22Cl2N4O2/c1-14(2)19-13-24-26-27(19)17-6-3-5-16(12-17)25-21(28)7-4-10-29-20-9-8-15(22)11-18(20)23/h3,5-6,8-9,11-14H,4,7,10H2,1-2H3,(H,25,28). The number of halogens is 2. The van der Waals surface area contributed by atoms with Crippen LogP contribution in [0.4, 0.5) is 5.69 Å². The van der Waals surface area contributed by atoms with Crippen LogP contribution >= 0.6 is 23.2 Å². The number of hydrogen-bond acceptors (Lipinski definition) is 4. The van der Waals surface area contributed by atoms with Gasteiger partial charge >= 0.3 is 0 Å². The Hall–Kier alpha value is -2.57. The number of aromatic nitrogens is 3. The Bertz CT molecular complexity index is 988. The van der Waals surface area contributed by atoms with Crippen molar-refractivity contribution >= 4 is 34.8 Å². The molecule has 0 saturated heterocycles. The fourth-order valence-corrected chi connectivity index (χ4v) is 3.25. The van der Waals surface area contributed by atoms with Crippen LogP contribution < -0.4 is 10.1 Å². The number of amides is 1. The number of rotatable bonds is 8. The van der Waals surface area contributed by atoms with Crippen LogP contribution in [-0.2, 0) is 4.79 Å². The number of carbonyl (C=O) groups excluding carboxylic acids is 1. The molecule has 1 amide bonds. The van der Waals surface area contributed by atoms with E-state index in [1.165, 1.54) is 0 Å². The first-order valence-electron chi connectivity index (χ1n) is 9.33. The second-order valence-corrected chi connectivity index (χ2v) is 7.69. The third kappa shape index (κ3) is 5.71. The minimum atomic E-state index is -0.0874. The van der Waals surface area contributed by atoms with Crippen molar-refractivity contribution in [2.45, 2.75) is 32.6 Å². The summed E-state index contributed by atoms with van der Waals surface area (Å²) in [6, 6.07) is 12.6. The molecule has 0 aliphatic heterocycles. The number of nitrogens with one attached hydrogen (secondary N) is 1. The lowest BCUT2D eigenvalue weighted by molar-refractivity contribution is -0.116. The average Bonchev–Trinajstić information content (AvgIpc) is 3.17. The van der Waals surface area contributed by atoms with E-state index in [0.717, 1.165) is 11.4 Å². The summed E-state index contributed by atoms with van der Waals surface area (Å²) in [5.74, 6) is 0.756. The zero-order chi connectivity index (χ0) is 20.8. The molecule has 0 fully saturated rings. The molecule has 0 atom stereocenters. The zero-order valence-electron chi connectivity index (χ0n) is 16.2. The molecule has 0 bridgehead atoms. The van der Waals surface area contributed by atoms with Crippen molar-refractivity contribution in [2.75, 3.05) is 11.9 Å². The Kier molecular flexibility index (Phi) is 7.12. The number of ether oxygens (including phenoxy) is 1. The summed E-state index contributed by atoms with van der Waals surface area (Å²) in [4.78, 5) is 12.3. The van der Waals surface area contributed by atoms with Gasteiger partial charge in [0.05, 0.1) is 29.2 Å². The van der Waals surface area contributed by atoms with Gasteiger partial charge in [0.1, 0.15) is 5.75 Å². The summed E-state index contributed by atoms with van der Waals surface area (Å²) in [5.41, 5.74) is 2.57. The van der Waals surface area contributed by atoms with E-state index in [1.54, 1.807) is 29.1 Å². The van der Waals surface area contributed by atoms with Crippen molar-refractivity contribution in [1.82, 2.24) is 15.0 Å². The highest BCUT2D eigenvalue weighted by Gasteiger charge is 2.11. The smallest absolute Gasteiger partial charge is 0.224 e. The van der Waals surface area contributed by atoms with Gasteiger partial charge in [-0.25, -0.2) is 4.68 Å². The van der Waals surface area contributed by atoms with E-state index in [2.05, 4.69) is 29.5 Å². The van der Waals surface area contributed by atoms with E-state index >= 15 is 0 Å². The molecule has 0 aliphatic carbocycles. The van der Waals surface area contributed by atoms with Gasteiger partial charge in [-0.05, 0) is 48.7 Å². The minimum absolute atomic E-state index is 0.0874. The van der Waals surface area contributed by atoms with Gasteiger partial charge in [-0.3, -0.25) is 4.79 Å². The lowest BCUT2D eigenvalue weighted by Gasteiger charge is -2.11. The van der Waals surface area contributed by atoms with Crippen molar-refractivity contribution in [3.8, 4) is 11.4 Å². The lowest BCUT2D eigenvalue weighted by atomic mass is 10.1. The van der Waals surface area contributed by atoms with Crippen LogP contribution in [0.15, 0.2) is 48.7 Å². The van der Waals surface area contributed by atoms with Crippen molar-refractivity contribution in [1.29, 1.82) is 0 Å². The summed E-state index contributed by atoms with van der Waals surface area (Å²) >= 11 is 11.9. The summed E-state index contributed by atoms with van der Waals surface area (Å²) in [6.45, 7) is 4.55. The van der Waals surface area contributed by atoms with Gasteiger partial charge in [0.2, 0.25) is 5.91 Å². The molecule has 0 radical (unpaired) electrons. The maximum atomic E-state index is 12.3. The molecule has 1 aromatic heterocycles. The highest BCUT2D eigenvalue weighted by Crippen LogP contribution is 2.27. The summed E-state index contributed by atoms with van der Waals surface area (Å²) in [7, 11) is 0. The van der Waals surface area contributed by atoms with E-state index in [4.69, 9.17) is 27.9 Å². The molecule has 0 spiro atoms. The van der Waals surface area contributed by atoms with Crippen LogP contribution in [0.25, 0.3) is 5.69 Å². The van der Waals surface area contributed by atoms with Crippen LogP contribution in [0.3, 0.4) is 0 Å². The van der Waals surface area contributed by atoms with Crippen LogP contribution in [-0.4, -0.2) is 27.5 Å². The number of carbonyl (C=O) groups is 1.